The second kappa shape index (κ2) is 11.4. The van der Waals surface area contributed by atoms with Gasteiger partial charge in [0.1, 0.15) is 0 Å². The van der Waals surface area contributed by atoms with Crippen molar-refractivity contribution in [1.29, 1.82) is 0 Å². The van der Waals surface area contributed by atoms with E-state index < -0.39 is 11.8 Å². The van der Waals surface area contributed by atoms with Gasteiger partial charge in [0.15, 0.2) is 11.5 Å². The number of ether oxygens (including phenoxy) is 2. The van der Waals surface area contributed by atoms with Gasteiger partial charge in [-0.3, -0.25) is 9.69 Å². The van der Waals surface area contributed by atoms with E-state index in [1.165, 1.54) is 18.4 Å². The largest absolute Gasteiger partial charge is 0.493 e. The second-order valence-corrected chi connectivity index (χ2v) is 9.16. The topological polar surface area (TPSA) is 79.3 Å². The van der Waals surface area contributed by atoms with Crippen LogP contribution < -0.4 is 14.4 Å². The van der Waals surface area contributed by atoms with Gasteiger partial charge in [0.25, 0.3) is 0 Å². The molecule has 0 spiro atoms. The molecule has 2 aromatic carbocycles. The van der Waals surface area contributed by atoms with Gasteiger partial charge in [0.2, 0.25) is 5.78 Å². The fourth-order valence-electron chi connectivity index (χ4n) is 4.99. The van der Waals surface area contributed by atoms with E-state index in [0.29, 0.717) is 6.54 Å². The van der Waals surface area contributed by atoms with E-state index >= 15 is 0 Å². The van der Waals surface area contributed by atoms with Crippen LogP contribution in [0.5, 0.6) is 11.5 Å². The van der Waals surface area contributed by atoms with E-state index in [9.17, 15) is 9.59 Å². The van der Waals surface area contributed by atoms with Gasteiger partial charge in [-0.1, -0.05) is 30.3 Å². The van der Waals surface area contributed by atoms with Crippen LogP contribution in [0.4, 0.5) is 5.69 Å². The van der Waals surface area contributed by atoms with Gasteiger partial charge in [-0.15, -0.1) is 0 Å². The standard InChI is InChI=1S/C27H34N2O5/c1-33-25-12-11-21(18-26(25)34-23-9-5-6-10-23)29-16-15-28(14-13-24(30)27(31)32)22(19-29)17-20-7-3-2-4-8-20/h2-4,7-8,11-12,18,22-23H,5-6,9-10,13-17,19H2,1H3,(H,31,32)/t22-/m0/s1. The first-order valence-electron chi connectivity index (χ1n) is 12.2. The summed E-state index contributed by atoms with van der Waals surface area (Å²) in [6, 6.07) is 16.6. The van der Waals surface area contributed by atoms with Gasteiger partial charge in [0, 0.05) is 50.4 Å². The van der Waals surface area contributed by atoms with Crippen molar-refractivity contribution in [2.24, 2.45) is 0 Å². The van der Waals surface area contributed by atoms with Crippen molar-refractivity contribution in [3.8, 4) is 11.5 Å². The van der Waals surface area contributed by atoms with E-state index in [2.05, 4.69) is 34.1 Å². The average Bonchev–Trinajstić information content (AvgIpc) is 3.36. The summed E-state index contributed by atoms with van der Waals surface area (Å²) in [5, 5.41) is 8.98. The molecule has 0 bridgehead atoms. The number of Topliss-reactive ketones (excluding diaryl/α,β-unsaturated/α-hetero) is 1. The molecular weight excluding hydrogens is 432 g/mol. The van der Waals surface area contributed by atoms with E-state index in [4.69, 9.17) is 14.6 Å². The van der Waals surface area contributed by atoms with Crippen LogP contribution in [0.1, 0.15) is 37.7 Å². The summed E-state index contributed by atoms with van der Waals surface area (Å²) in [6.45, 7) is 2.79. The van der Waals surface area contributed by atoms with Crippen molar-refractivity contribution in [2.75, 3.05) is 38.2 Å². The van der Waals surface area contributed by atoms with Crippen LogP contribution in [0.25, 0.3) is 0 Å². The fraction of sp³-hybridized carbons (Fsp3) is 0.481. The molecule has 2 aromatic rings. The Morgan fingerprint density at radius 1 is 1.03 bits per heavy atom. The summed E-state index contributed by atoms with van der Waals surface area (Å²) in [5.74, 6) is -0.542. The van der Waals surface area contributed by atoms with Gasteiger partial charge >= 0.3 is 5.97 Å². The minimum absolute atomic E-state index is 0.0303. The Morgan fingerprint density at radius 3 is 2.50 bits per heavy atom. The van der Waals surface area contributed by atoms with Crippen LogP contribution in [0.3, 0.4) is 0 Å². The number of carboxylic acids is 1. The van der Waals surface area contributed by atoms with E-state index in [-0.39, 0.29) is 18.6 Å². The average molecular weight is 467 g/mol. The Labute approximate surface area is 201 Å². The Hall–Kier alpha value is -3.06. The molecule has 1 aliphatic carbocycles. The molecule has 34 heavy (non-hydrogen) atoms. The number of piperazine rings is 1. The molecule has 1 heterocycles. The SMILES string of the molecule is COc1ccc(N2CCN(CCC(=O)C(=O)O)[C@@H](Cc3ccccc3)C2)cc1OC1CCCC1. The van der Waals surface area contributed by atoms with Crippen LogP contribution in [0.2, 0.25) is 0 Å². The number of methoxy groups -OCH3 is 1. The highest BCUT2D eigenvalue weighted by Gasteiger charge is 2.29. The number of aliphatic carboxylic acids is 1. The highest BCUT2D eigenvalue weighted by Crippen LogP contribution is 2.35. The lowest BCUT2D eigenvalue weighted by molar-refractivity contribution is -0.149. The summed E-state index contributed by atoms with van der Waals surface area (Å²) in [4.78, 5) is 27.3. The molecule has 1 saturated heterocycles. The van der Waals surface area contributed by atoms with Crippen LogP contribution in [-0.4, -0.2) is 67.2 Å². The number of carbonyl (C=O) groups is 2. The molecule has 2 aliphatic rings. The molecule has 1 atom stereocenters. The molecular formula is C27H34N2O5. The Morgan fingerprint density at radius 2 is 1.79 bits per heavy atom. The number of hydrogen-bond donors (Lipinski definition) is 1. The molecule has 0 amide bonds. The maximum Gasteiger partial charge on any atom is 0.372 e. The number of hydrogen-bond acceptors (Lipinski definition) is 6. The maximum atomic E-state index is 11.7. The third-order valence-corrected chi connectivity index (χ3v) is 6.89. The number of ketones is 1. The third kappa shape index (κ3) is 6.08. The van der Waals surface area contributed by atoms with Crippen molar-refractivity contribution < 1.29 is 24.2 Å². The van der Waals surface area contributed by atoms with Gasteiger partial charge in [-0.05, 0) is 49.8 Å². The van der Waals surface area contributed by atoms with E-state index in [1.54, 1.807) is 7.11 Å². The third-order valence-electron chi connectivity index (χ3n) is 6.89. The highest BCUT2D eigenvalue weighted by molar-refractivity contribution is 6.32. The van der Waals surface area contributed by atoms with E-state index in [0.717, 1.165) is 56.1 Å². The maximum absolute atomic E-state index is 11.7. The van der Waals surface area contributed by atoms with Crippen molar-refractivity contribution >= 4 is 17.4 Å². The molecule has 1 N–H and O–H groups in total. The predicted molar refractivity (Wildman–Crippen MR) is 131 cm³/mol. The quantitative estimate of drug-likeness (QED) is 0.534. The zero-order valence-corrected chi connectivity index (χ0v) is 19.8. The summed E-state index contributed by atoms with van der Waals surface area (Å²) in [6.07, 6.45) is 5.70. The van der Waals surface area contributed by atoms with Crippen LogP contribution >= 0.6 is 0 Å². The summed E-state index contributed by atoms with van der Waals surface area (Å²) in [7, 11) is 1.67. The minimum Gasteiger partial charge on any atom is -0.493 e. The first-order valence-corrected chi connectivity index (χ1v) is 12.2. The number of benzene rings is 2. The molecule has 0 aromatic heterocycles. The fourth-order valence-corrected chi connectivity index (χ4v) is 4.99. The second-order valence-electron chi connectivity index (χ2n) is 9.16. The number of carbonyl (C=O) groups excluding carboxylic acids is 1. The van der Waals surface area contributed by atoms with Gasteiger partial charge in [-0.25, -0.2) is 4.79 Å². The number of rotatable bonds is 10. The molecule has 1 saturated carbocycles. The molecule has 7 heteroatoms. The lowest BCUT2D eigenvalue weighted by atomic mass is 10.0. The van der Waals surface area contributed by atoms with Crippen molar-refractivity contribution in [1.82, 2.24) is 4.90 Å². The number of nitrogens with zero attached hydrogens (tertiary/aromatic N) is 2. The lowest BCUT2D eigenvalue weighted by Crippen LogP contribution is -2.54. The van der Waals surface area contributed by atoms with Crippen molar-refractivity contribution in [3.63, 3.8) is 0 Å². The summed E-state index contributed by atoms with van der Waals surface area (Å²) < 4.78 is 11.9. The highest BCUT2D eigenvalue weighted by atomic mass is 16.5. The Balaban J connectivity index is 1.50. The molecule has 0 unspecified atom stereocenters. The van der Waals surface area contributed by atoms with Crippen molar-refractivity contribution in [3.05, 3.63) is 54.1 Å². The minimum atomic E-state index is -1.36. The normalized spacial score (nSPS) is 19.2. The number of anilines is 1. The lowest BCUT2D eigenvalue weighted by Gasteiger charge is -2.42. The Bertz CT molecular complexity index is 974. The molecule has 4 rings (SSSR count). The van der Waals surface area contributed by atoms with Gasteiger partial charge in [-0.2, -0.15) is 0 Å². The zero-order chi connectivity index (χ0) is 23.9. The monoisotopic (exact) mass is 466 g/mol. The van der Waals surface area contributed by atoms with Gasteiger partial charge in [0.05, 0.1) is 13.2 Å². The molecule has 1 aliphatic heterocycles. The van der Waals surface area contributed by atoms with Gasteiger partial charge < -0.3 is 19.5 Å². The molecule has 2 fully saturated rings. The van der Waals surface area contributed by atoms with E-state index in [1.807, 2.05) is 24.3 Å². The summed E-state index contributed by atoms with van der Waals surface area (Å²) >= 11 is 0. The van der Waals surface area contributed by atoms with Crippen LogP contribution in [0, 0.1) is 0 Å². The zero-order valence-electron chi connectivity index (χ0n) is 19.8. The smallest absolute Gasteiger partial charge is 0.372 e. The molecule has 182 valence electrons. The first kappa shape index (κ1) is 24.1. The first-order chi connectivity index (χ1) is 16.5. The predicted octanol–water partition coefficient (Wildman–Crippen LogP) is 3.79. The molecule has 7 nitrogen and oxygen atoms in total. The van der Waals surface area contributed by atoms with Crippen molar-refractivity contribution in [2.45, 2.75) is 50.7 Å². The summed E-state index contributed by atoms with van der Waals surface area (Å²) in [5.41, 5.74) is 2.32. The van der Waals surface area contributed by atoms with Crippen LogP contribution in [-0.2, 0) is 16.0 Å². The van der Waals surface area contributed by atoms with Crippen LogP contribution in [0.15, 0.2) is 48.5 Å². The Kier molecular flexibility index (Phi) is 8.06. The molecule has 0 radical (unpaired) electrons. The number of carboxylic acid groups (broad SMARTS) is 1.